The molecular weight excluding hydrogens is 268 g/mol. The van der Waals surface area contributed by atoms with Gasteiger partial charge in [-0.2, -0.15) is 0 Å². The Morgan fingerprint density at radius 3 is 2.30 bits per heavy atom. The number of hydrogen-bond donors (Lipinski definition) is 6. The highest BCUT2D eigenvalue weighted by molar-refractivity contribution is 4.96. The monoisotopic (exact) mass is 292 g/mol. The Hall–Kier alpha value is -0.320. The first-order chi connectivity index (χ1) is 9.32. The molecule has 9 atom stereocenters. The highest BCUT2D eigenvalue weighted by Crippen LogP contribution is 2.28. The van der Waals surface area contributed by atoms with Gasteiger partial charge in [-0.3, -0.25) is 0 Å². The van der Waals surface area contributed by atoms with Crippen LogP contribution in [0.25, 0.3) is 0 Å². The van der Waals surface area contributed by atoms with E-state index >= 15 is 0 Å². The topological polar surface area (TPSA) is 151 Å². The summed E-state index contributed by atoms with van der Waals surface area (Å²) in [6.07, 6.45) is -6.20. The second-order valence-electron chi connectivity index (χ2n) is 5.76. The zero-order valence-corrected chi connectivity index (χ0v) is 11.4. The SMILES string of the molecule is C[C@H]1C(N)CC(N)[C@@H](O[C@@H]2OCC(O)[C@@H](O)C2O)C1O. The molecule has 2 fully saturated rings. The average Bonchev–Trinajstić information content (AvgIpc) is 2.41. The van der Waals surface area contributed by atoms with Gasteiger partial charge in [-0.05, 0) is 12.3 Å². The first kappa shape index (κ1) is 16.1. The van der Waals surface area contributed by atoms with Gasteiger partial charge in [-0.15, -0.1) is 0 Å². The van der Waals surface area contributed by atoms with E-state index in [1.54, 1.807) is 6.92 Å². The van der Waals surface area contributed by atoms with Crippen molar-refractivity contribution in [3.63, 3.8) is 0 Å². The van der Waals surface area contributed by atoms with Gasteiger partial charge >= 0.3 is 0 Å². The number of nitrogens with two attached hydrogens (primary N) is 2. The van der Waals surface area contributed by atoms with E-state index in [1.165, 1.54) is 0 Å². The Kier molecular flexibility index (Phi) is 4.98. The molecule has 2 rings (SSSR count). The fourth-order valence-electron chi connectivity index (χ4n) is 2.70. The molecule has 2 aliphatic rings. The van der Waals surface area contributed by atoms with E-state index in [2.05, 4.69) is 0 Å². The van der Waals surface area contributed by atoms with Gasteiger partial charge in [0.15, 0.2) is 6.29 Å². The van der Waals surface area contributed by atoms with Crippen LogP contribution in [0.3, 0.4) is 0 Å². The lowest BCUT2D eigenvalue weighted by molar-refractivity contribution is -0.296. The number of aliphatic hydroxyl groups is 4. The summed E-state index contributed by atoms with van der Waals surface area (Å²) in [5.41, 5.74) is 11.8. The zero-order chi connectivity index (χ0) is 15.0. The summed E-state index contributed by atoms with van der Waals surface area (Å²) in [4.78, 5) is 0. The van der Waals surface area contributed by atoms with E-state index in [4.69, 9.17) is 20.9 Å². The van der Waals surface area contributed by atoms with Crippen LogP contribution < -0.4 is 11.5 Å². The molecule has 8 heteroatoms. The van der Waals surface area contributed by atoms with E-state index in [9.17, 15) is 20.4 Å². The molecule has 20 heavy (non-hydrogen) atoms. The summed E-state index contributed by atoms with van der Waals surface area (Å²) in [5.74, 6) is -0.198. The Morgan fingerprint density at radius 2 is 1.65 bits per heavy atom. The lowest BCUT2D eigenvalue weighted by atomic mass is 9.79. The van der Waals surface area contributed by atoms with Crippen molar-refractivity contribution in [2.75, 3.05) is 6.61 Å². The van der Waals surface area contributed by atoms with Crippen molar-refractivity contribution >= 4 is 0 Å². The van der Waals surface area contributed by atoms with Crippen molar-refractivity contribution < 1.29 is 29.9 Å². The molecule has 118 valence electrons. The summed E-state index contributed by atoms with van der Waals surface area (Å²) in [6.45, 7) is 1.64. The van der Waals surface area contributed by atoms with Gasteiger partial charge in [0, 0.05) is 12.1 Å². The van der Waals surface area contributed by atoms with Crippen LogP contribution in [0.4, 0.5) is 0 Å². The lowest BCUT2D eigenvalue weighted by Gasteiger charge is -2.44. The molecule has 1 saturated carbocycles. The van der Waals surface area contributed by atoms with Crippen LogP contribution >= 0.6 is 0 Å². The van der Waals surface area contributed by atoms with Gasteiger partial charge in [0.1, 0.15) is 24.4 Å². The van der Waals surface area contributed by atoms with Gasteiger partial charge in [0.05, 0.1) is 12.7 Å². The van der Waals surface area contributed by atoms with Crippen LogP contribution in [0.5, 0.6) is 0 Å². The first-order valence-corrected chi connectivity index (χ1v) is 6.83. The number of ether oxygens (including phenoxy) is 2. The average molecular weight is 292 g/mol. The highest BCUT2D eigenvalue weighted by atomic mass is 16.7. The molecule has 1 saturated heterocycles. The van der Waals surface area contributed by atoms with Gasteiger partial charge in [-0.1, -0.05) is 6.92 Å². The molecule has 0 spiro atoms. The zero-order valence-electron chi connectivity index (χ0n) is 11.4. The van der Waals surface area contributed by atoms with E-state index in [-0.39, 0.29) is 18.6 Å². The minimum absolute atomic E-state index is 0.157. The second kappa shape index (κ2) is 6.20. The number of hydrogen-bond acceptors (Lipinski definition) is 8. The molecule has 1 aliphatic carbocycles. The van der Waals surface area contributed by atoms with E-state index in [1.807, 2.05) is 0 Å². The van der Waals surface area contributed by atoms with Crippen molar-refractivity contribution in [2.24, 2.45) is 17.4 Å². The van der Waals surface area contributed by atoms with Crippen molar-refractivity contribution in [1.29, 1.82) is 0 Å². The van der Waals surface area contributed by atoms with Gasteiger partial charge in [0.25, 0.3) is 0 Å². The third-order valence-electron chi connectivity index (χ3n) is 4.26. The molecule has 0 amide bonds. The highest BCUT2D eigenvalue weighted by Gasteiger charge is 2.45. The third-order valence-corrected chi connectivity index (χ3v) is 4.26. The van der Waals surface area contributed by atoms with Crippen molar-refractivity contribution in [2.45, 2.75) is 62.2 Å². The Balaban J connectivity index is 2.01. The van der Waals surface area contributed by atoms with E-state index < -0.39 is 42.9 Å². The van der Waals surface area contributed by atoms with Gasteiger partial charge in [0.2, 0.25) is 0 Å². The molecule has 0 radical (unpaired) electrons. The summed E-state index contributed by atoms with van der Waals surface area (Å²) in [7, 11) is 0. The summed E-state index contributed by atoms with van der Waals surface area (Å²) < 4.78 is 10.7. The molecule has 1 aliphatic heterocycles. The van der Waals surface area contributed by atoms with Crippen LogP contribution in [-0.2, 0) is 9.47 Å². The second-order valence-corrected chi connectivity index (χ2v) is 5.76. The number of aliphatic hydroxyl groups excluding tert-OH is 4. The largest absolute Gasteiger partial charge is 0.390 e. The van der Waals surface area contributed by atoms with E-state index in [0.717, 1.165) is 0 Å². The summed E-state index contributed by atoms with van der Waals surface area (Å²) in [5, 5.41) is 39.0. The predicted octanol–water partition coefficient (Wildman–Crippen LogP) is -3.13. The maximum Gasteiger partial charge on any atom is 0.186 e. The molecule has 8 nitrogen and oxygen atoms in total. The molecule has 0 bridgehead atoms. The Morgan fingerprint density at radius 1 is 1.00 bits per heavy atom. The third kappa shape index (κ3) is 2.97. The molecule has 0 aromatic heterocycles. The molecular formula is C12H24N2O6. The first-order valence-electron chi connectivity index (χ1n) is 6.83. The molecule has 0 aromatic carbocycles. The fourth-order valence-corrected chi connectivity index (χ4v) is 2.70. The Bertz CT molecular complexity index is 333. The van der Waals surface area contributed by atoms with Gasteiger partial charge in [-0.25, -0.2) is 0 Å². The standard InChI is InChI=1S/C12H24N2O6/c1-4-5(13)2-6(14)11(8(4)16)20-12-10(18)9(17)7(15)3-19-12/h4-12,15-18H,2-3,13-14H2,1H3/t4-,5?,6?,7?,8?,9+,10?,11+,12-/m0/s1. The fraction of sp³-hybridized carbons (Fsp3) is 1.00. The van der Waals surface area contributed by atoms with Crippen LogP contribution in [-0.4, -0.2) is 75.9 Å². The Labute approximate surface area is 117 Å². The maximum absolute atomic E-state index is 10.2. The predicted molar refractivity (Wildman–Crippen MR) is 68.4 cm³/mol. The van der Waals surface area contributed by atoms with Gasteiger partial charge < -0.3 is 41.4 Å². The molecule has 5 unspecified atom stereocenters. The van der Waals surface area contributed by atoms with Crippen molar-refractivity contribution in [3.05, 3.63) is 0 Å². The normalized spacial score (nSPS) is 53.9. The molecule has 0 aromatic rings. The summed E-state index contributed by atoms with van der Waals surface area (Å²) >= 11 is 0. The summed E-state index contributed by atoms with van der Waals surface area (Å²) in [6, 6.07) is -0.708. The van der Waals surface area contributed by atoms with Crippen LogP contribution in [0.2, 0.25) is 0 Å². The van der Waals surface area contributed by atoms with Crippen LogP contribution in [0, 0.1) is 5.92 Å². The van der Waals surface area contributed by atoms with Crippen molar-refractivity contribution in [3.8, 4) is 0 Å². The minimum atomic E-state index is -1.40. The molecule has 8 N–H and O–H groups in total. The van der Waals surface area contributed by atoms with Crippen molar-refractivity contribution in [1.82, 2.24) is 0 Å². The van der Waals surface area contributed by atoms with E-state index in [0.29, 0.717) is 6.42 Å². The quantitative estimate of drug-likeness (QED) is 0.312. The maximum atomic E-state index is 10.2. The minimum Gasteiger partial charge on any atom is -0.390 e. The smallest absolute Gasteiger partial charge is 0.186 e. The lowest BCUT2D eigenvalue weighted by Crippen LogP contribution is -2.62. The van der Waals surface area contributed by atoms with Crippen LogP contribution in [0.1, 0.15) is 13.3 Å². The van der Waals surface area contributed by atoms with Crippen LogP contribution in [0.15, 0.2) is 0 Å². The molecule has 1 heterocycles. The number of rotatable bonds is 2.